The Morgan fingerprint density at radius 2 is 0.976 bits per heavy atom. The second-order valence-corrected chi connectivity index (χ2v) is 14.0. The van der Waals surface area contributed by atoms with Crippen LogP contribution in [0.2, 0.25) is 0 Å². The highest BCUT2D eigenvalue weighted by Gasteiger charge is 2.19. The minimum atomic E-state index is -0.748. The average molecular weight is 565 g/mol. The molecule has 6 aromatic rings. The second kappa shape index (κ2) is 13.4. The van der Waals surface area contributed by atoms with Crippen LogP contribution in [-0.2, 0) is 6.16 Å². The highest BCUT2D eigenvalue weighted by molar-refractivity contribution is 7.80. The van der Waals surface area contributed by atoms with E-state index in [4.69, 9.17) is 9.98 Å². The summed E-state index contributed by atoms with van der Waals surface area (Å²) < 4.78 is 0. The van der Waals surface area contributed by atoms with Gasteiger partial charge in [-0.05, 0) is 55.3 Å². The van der Waals surface area contributed by atoms with Crippen LogP contribution in [0, 0.1) is 0 Å². The summed E-state index contributed by atoms with van der Waals surface area (Å²) in [4.78, 5) is 10.1. The molecule has 0 amide bonds. The van der Waals surface area contributed by atoms with Crippen molar-refractivity contribution in [2.75, 3.05) is 0 Å². The lowest BCUT2D eigenvalue weighted by atomic mass is 10.3. The molecular weight excluding hydrogens is 534 g/mol. The van der Waals surface area contributed by atoms with E-state index in [-0.39, 0.29) is 0 Å². The summed E-state index contributed by atoms with van der Waals surface area (Å²) in [6, 6.07) is 57.9. The van der Waals surface area contributed by atoms with Gasteiger partial charge in [-0.1, -0.05) is 146 Å². The molecule has 41 heavy (non-hydrogen) atoms. The number of hydrogen-bond donors (Lipinski definition) is 0. The summed E-state index contributed by atoms with van der Waals surface area (Å²) in [7, 11) is -1.31. The third-order valence-electron chi connectivity index (χ3n) is 6.77. The number of benzene rings is 5. The fourth-order valence-corrected chi connectivity index (χ4v) is 9.47. The van der Waals surface area contributed by atoms with Crippen LogP contribution in [-0.4, -0.2) is 11.2 Å². The first kappa shape index (κ1) is 27.0. The third-order valence-corrected chi connectivity index (χ3v) is 11.7. The second-order valence-electron chi connectivity index (χ2n) is 9.56. The van der Waals surface area contributed by atoms with Gasteiger partial charge in [0.25, 0.3) is 0 Å². The smallest absolute Gasteiger partial charge is 0.0816 e. The van der Waals surface area contributed by atoms with E-state index in [0.717, 1.165) is 23.2 Å². The largest absolute Gasteiger partial charge is 0.254 e. The van der Waals surface area contributed by atoms with E-state index < -0.39 is 15.8 Å². The van der Waals surface area contributed by atoms with Crippen molar-refractivity contribution in [1.82, 2.24) is 4.98 Å². The van der Waals surface area contributed by atoms with Crippen molar-refractivity contribution in [2.24, 2.45) is 4.99 Å². The first-order chi connectivity index (χ1) is 20.3. The molecule has 5 aromatic carbocycles. The van der Waals surface area contributed by atoms with Gasteiger partial charge in [0.15, 0.2) is 0 Å². The lowest BCUT2D eigenvalue weighted by Gasteiger charge is -2.20. The topological polar surface area (TPSA) is 25.2 Å². The number of pyridine rings is 1. The molecule has 4 heteroatoms. The van der Waals surface area contributed by atoms with Crippen LogP contribution in [0.5, 0.6) is 0 Å². The predicted molar refractivity (Wildman–Crippen MR) is 179 cm³/mol. The van der Waals surface area contributed by atoms with Gasteiger partial charge >= 0.3 is 0 Å². The van der Waals surface area contributed by atoms with Crippen LogP contribution in [0.25, 0.3) is 0 Å². The summed E-state index contributed by atoms with van der Waals surface area (Å²) in [6.45, 7) is 0. The molecule has 0 saturated carbocycles. The summed E-state index contributed by atoms with van der Waals surface area (Å²) in [5.74, 6) is 0. The lowest BCUT2D eigenvalue weighted by molar-refractivity contribution is 1.16. The van der Waals surface area contributed by atoms with Crippen LogP contribution in [0.3, 0.4) is 0 Å². The SMILES string of the molecule is C(=Nc1ccccc1P(c1ccccc1)c1ccccc1)c1cccc(CP(c2ccccc2)c2ccccc2)n1. The maximum absolute atomic E-state index is 5.04. The van der Waals surface area contributed by atoms with Gasteiger partial charge in [0.05, 0.1) is 17.6 Å². The fourth-order valence-electron chi connectivity index (χ4n) is 4.85. The van der Waals surface area contributed by atoms with Gasteiger partial charge in [0.1, 0.15) is 0 Å². The Morgan fingerprint density at radius 3 is 1.54 bits per heavy atom. The van der Waals surface area contributed by atoms with E-state index in [9.17, 15) is 0 Å². The zero-order chi connectivity index (χ0) is 27.7. The highest BCUT2D eigenvalue weighted by Crippen LogP contribution is 2.38. The van der Waals surface area contributed by atoms with Gasteiger partial charge in [-0.3, -0.25) is 9.98 Å². The zero-order valence-electron chi connectivity index (χ0n) is 22.7. The van der Waals surface area contributed by atoms with Crippen molar-refractivity contribution in [3.05, 3.63) is 175 Å². The van der Waals surface area contributed by atoms with Crippen molar-refractivity contribution in [1.29, 1.82) is 0 Å². The number of para-hydroxylation sites is 1. The van der Waals surface area contributed by atoms with E-state index in [0.29, 0.717) is 0 Å². The van der Waals surface area contributed by atoms with Crippen LogP contribution in [0.1, 0.15) is 11.4 Å². The number of hydrogen-bond acceptors (Lipinski definition) is 2. The van der Waals surface area contributed by atoms with Crippen molar-refractivity contribution in [3.63, 3.8) is 0 Å². The van der Waals surface area contributed by atoms with Crippen LogP contribution in [0.15, 0.2) is 169 Å². The Bertz CT molecular complexity index is 1630. The fraction of sp³-hybridized carbons (Fsp3) is 0.0270. The molecule has 1 heterocycles. The molecule has 6 rings (SSSR count). The highest BCUT2D eigenvalue weighted by atomic mass is 31.1. The van der Waals surface area contributed by atoms with E-state index in [2.05, 4.69) is 158 Å². The summed E-state index contributed by atoms with van der Waals surface area (Å²) >= 11 is 0. The molecule has 0 aliphatic carbocycles. The van der Waals surface area contributed by atoms with Gasteiger partial charge in [0, 0.05) is 17.2 Å². The molecule has 0 unspecified atom stereocenters. The number of nitrogens with zero attached hydrogens (tertiary/aromatic N) is 2. The first-order valence-corrected chi connectivity index (χ1v) is 16.6. The van der Waals surface area contributed by atoms with Crippen molar-refractivity contribution in [3.8, 4) is 0 Å². The van der Waals surface area contributed by atoms with Crippen molar-refractivity contribution >= 4 is 54.3 Å². The third kappa shape index (κ3) is 6.75. The standard InChI is InChI=1S/C37H30N2P2/c1-5-18-32(19-6-1)40(33-20-7-2-8-21-33)29-31-17-15-16-30(39-31)28-38-36-26-13-14-27-37(36)41(34-22-9-3-10-23-34)35-24-11-4-12-25-35/h1-28H,29H2. The van der Waals surface area contributed by atoms with Crippen molar-refractivity contribution < 1.29 is 0 Å². The molecule has 0 bridgehead atoms. The quantitative estimate of drug-likeness (QED) is 0.134. The van der Waals surface area contributed by atoms with Gasteiger partial charge in [-0.15, -0.1) is 0 Å². The molecule has 2 nitrogen and oxygen atoms in total. The normalized spacial score (nSPS) is 11.4. The molecule has 0 aliphatic rings. The first-order valence-electron chi connectivity index (χ1n) is 13.7. The molecule has 1 aromatic heterocycles. The lowest BCUT2D eigenvalue weighted by Crippen LogP contribution is -2.20. The van der Waals surface area contributed by atoms with Gasteiger partial charge in [0.2, 0.25) is 0 Å². The molecule has 198 valence electrons. The summed E-state index contributed by atoms with van der Waals surface area (Å²) in [5.41, 5.74) is 2.93. The molecule has 0 saturated heterocycles. The Morgan fingerprint density at radius 1 is 0.488 bits per heavy atom. The van der Waals surface area contributed by atoms with Crippen LogP contribution < -0.4 is 26.5 Å². The summed E-state index contributed by atoms with van der Waals surface area (Å²) in [5, 5.41) is 6.58. The van der Waals surface area contributed by atoms with E-state index in [1.165, 1.54) is 26.5 Å². The minimum Gasteiger partial charge on any atom is -0.254 e. The number of rotatable bonds is 9. The Hall–Kier alpha value is -4.22. The van der Waals surface area contributed by atoms with Crippen LogP contribution in [0.4, 0.5) is 5.69 Å². The minimum absolute atomic E-state index is 0.562. The van der Waals surface area contributed by atoms with Gasteiger partial charge < -0.3 is 0 Å². The van der Waals surface area contributed by atoms with E-state index in [1.54, 1.807) is 0 Å². The number of aliphatic imine (C=N–C) groups is 1. The monoisotopic (exact) mass is 564 g/mol. The Kier molecular flexibility index (Phi) is 8.83. The molecule has 0 radical (unpaired) electrons. The van der Waals surface area contributed by atoms with Gasteiger partial charge in [-0.2, -0.15) is 0 Å². The van der Waals surface area contributed by atoms with Crippen LogP contribution >= 0.6 is 15.8 Å². The Balaban J connectivity index is 1.31. The molecule has 0 fully saturated rings. The zero-order valence-corrected chi connectivity index (χ0v) is 24.5. The molecule has 0 atom stereocenters. The van der Waals surface area contributed by atoms with Gasteiger partial charge in [-0.25, -0.2) is 0 Å². The Labute approximate surface area is 245 Å². The van der Waals surface area contributed by atoms with E-state index >= 15 is 0 Å². The molecule has 0 spiro atoms. The molecule has 0 aliphatic heterocycles. The molecule has 0 N–H and O–H groups in total. The number of aromatic nitrogens is 1. The maximum atomic E-state index is 5.04. The summed E-state index contributed by atoms with van der Waals surface area (Å²) in [6.07, 6.45) is 2.80. The predicted octanol–water partition coefficient (Wildman–Crippen LogP) is 7.22. The van der Waals surface area contributed by atoms with Crippen molar-refractivity contribution in [2.45, 2.75) is 6.16 Å². The molecular formula is C37H30N2P2. The average Bonchev–Trinajstić information content (AvgIpc) is 3.05. The maximum Gasteiger partial charge on any atom is 0.0816 e. The van der Waals surface area contributed by atoms with E-state index in [1.807, 2.05) is 12.3 Å².